The number of rotatable bonds is 5. The minimum Gasteiger partial charge on any atom is -0.396 e. The molecule has 0 amide bonds. The van der Waals surface area contributed by atoms with E-state index in [9.17, 15) is 0 Å². The van der Waals surface area contributed by atoms with Gasteiger partial charge in [-0.3, -0.25) is 0 Å². The molecule has 3 N–H and O–H groups in total. The highest BCUT2D eigenvalue weighted by Crippen LogP contribution is 2.20. The van der Waals surface area contributed by atoms with Gasteiger partial charge in [0, 0.05) is 12.2 Å². The molecule has 0 aliphatic heterocycles. The monoisotopic (exact) mass is 255 g/mol. The highest BCUT2D eigenvalue weighted by molar-refractivity contribution is 5.61. The molecule has 1 unspecified atom stereocenters. The van der Waals surface area contributed by atoms with Crippen LogP contribution >= 0.6 is 0 Å². The van der Waals surface area contributed by atoms with Crippen LogP contribution in [0.5, 0.6) is 0 Å². The fraction of sp³-hybridized carbons (Fsp3) is 0.312. The summed E-state index contributed by atoms with van der Waals surface area (Å²) in [7, 11) is 0. The standard InChI is InChI=1S/C16H21N3/c1-12(14-6-4-3-5-7-14)10-11-18-16-15(17)9-8-13(2)19-16/h3-9,12H,10-11,17H2,1-2H3,(H,18,19). The lowest BCUT2D eigenvalue weighted by molar-refractivity contribution is 0.705. The molecule has 0 bridgehead atoms. The van der Waals surface area contributed by atoms with Gasteiger partial charge in [0.05, 0.1) is 5.69 Å². The molecular weight excluding hydrogens is 234 g/mol. The molecule has 1 aromatic heterocycles. The Morgan fingerprint density at radius 1 is 1.16 bits per heavy atom. The molecule has 0 fully saturated rings. The highest BCUT2D eigenvalue weighted by Gasteiger charge is 2.05. The van der Waals surface area contributed by atoms with Crippen LogP contribution in [0.1, 0.15) is 30.5 Å². The third-order valence-electron chi connectivity index (χ3n) is 3.30. The van der Waals surface area contributed by atoms with Crippen LogP contribution in [0, 0.1) is 6.92 Å². The normalized spacial score (nSPS) is 12.1. The smallest absolute Gasteiger partial charge is 0.149 e. The summed E-state index contributed by atoms with van der Waals surface area (Å²) in [5.41, 5.74) is 8.95. The van der Waals surface area contributed by atoms with E-state index in [1.807, 2.05) is 25.1 Å². The van der Waals surface area contributed by atoms with E-state index in [4.69, 9.17) is 5.73 Å². The molecule has 19 heavy (non-hydrogen) atoms. The molecule has 3 heteroatoms. The average molecular weight is 255 g/mol. The molecule has 0 spiro atoms. The van der Waals surface area contributed by atoms with Crippen LogP contribution in [0.2, 0.25) is 0 Å². The fourth-order valence-electron chi connectivity index (χ4n) is 2.06. The molecule has 0 aliphatic rings. The minimum absolute atomic E-state index is 0.528. The lowest BCUT2D eigenvalue weighted by Crippen LogP contribution is -2.09. The first-order chi connectivity index (χ1) is 9.16. The summed E-state index contributed by atoms with van der Waals surface area (Å²) in [6, 6.07) is 14.4. The number of benzene rings is 1. The van der Waals surface area contributed by atoms with Gasteiger partial charge in [-0.1, -0.05) is 37.3 Å². The first kappa shape index (κ1) is 13.4. The van der Waals surface area contributed by atoms with Crippen molar-refractivity contribution in [3.8, 4) is 0 Å². The van der Waals surface area contributed by atoms with Crippen LogP contribution in [0.4, 0.5) is 11.5 Å². The molecule has 0 saturated heterocycles. The lowest BCUT2D eigenvalue weighted by atomic mass is 9.98. The number of aromatic nitrogens is 1. The van der Waals surface area contributed by atoms with Crippen molar-refractivity contribution in [2.45, 2.75) is 26.2 Å². The Morgan fingerprint density at radius 2 is 1.89 bits per heavy atom. The van der Waals surface area contributed by atoms with Gasteiger partial charge in [0.1, 0.15) is 5.82 Å². The summed E-state index contributed by atoms with van der Waals surface area (Å²) in [5.74, 6) is 1.32. The molecule has 0 saturated carbocycles. The van der Waals surface area contributed by atoms with Gasteiger partial charge < -0.3 is 11.1 Å². The second-order valence-electron chi connectivity index (χ2n) is 4.92. The van der Waals surface area contributed by atoms with Gasteiger partial charge in [0.15, 0.2) is 0 Å². The average Bonchev–Trinajstić information content (AvgIpc) is 2.43. The summed E-state index contributed by atoms with van der Waals surface area (Å²) in [5, 5.41) is 3.32. The van der Waals surface area contributed by atoms with Crippen LogP contribution in [0.3, 0.4) is 0 Å². The molecule has 0 radical (unpaired) electrons. The first-order valence-electron chi connectivity index (χ1n) is 6.69. The molecule has 2 aromatic rings. The zero-order valence-electron chi connectivity index (χ0n) is 11.6. The molecule has 1 heterocycles. The van der Waals surface area contributed by atoms with Crippen molar-refractivity contribution in [1.82, 2.24) is 4.98 Å². The van der Waals surface area contributed by atoms with E-state index < -0.39 is 0 Å². The first-order valence-corrected chi connectivity index (χ1v) is 6.69. The predicted octanol–water partition coefficient (Wildman–Crippen LogP) is 3.58. The summed E-state index contributed by atoms with van der Waals surface area (Å²) in [6.07, 6.45) is 1.05. The van der Waals surface area contributed by atoms with Crippen molar-refractivity contribution in [2.24, 2.45) is 0 Å². The Kier molecular flexibility index (Phi) is 4.39. The zero-order chi connectivity index (χ0) is 13.7. The van der Waals surface area contributed by atoms with Crippen LogP contribution in [-0.2, 0) is 0 Å². The topological polar surface area (TPSA) is 50.9 Å². The maximum atomic E-state index is 5.89. The van der Waals surface area contributed by atoms with Crippen LogP contribution in [-0.4, -0.2) is 11.5 Å². The summed E-state index contributed by atoms with van der Waals surface area (Å²) in [6.45, 7) is 5.08. The summed E-state index contributed by atoms with van der Waals surface area (Å²) < 4.78 is 0. The van der Waals surface area contributed by atoms with Gasteiger partial charge in [-0.25, -0.2) is 4.98 Å². The number of aryl methyl sites for hydroxylation is 1. The van der Waals surface area contributed by atoms with Crippen molar-refractivity contribution in [1.29, 1.82) is 0 Å². The van der Waals surface area contributed by atoms with Crippen molar-refractivity contribution >= 4 is 11.5 Å². The van der Waals surface area contributed by atoms with Gasteiger partial charge in [-0.2, -0.15) is 0 Å². The van der Waals surface area contributed by atoms with E-state index in [2.05, 4.69) is 41.5 Å². The Balaban J connectivity index is 1.88. The van der Waals surface area contributed by atoms with Gasteiger partial charge in [0.25, 0.3) is 0 Å². The third-order valence-corrected chi connectivity index (χ3v) is 3.30. The second kappa shape index (κ2) is 6.23. The largest absolute Gasteiger partial charge is 0.396 e. The van der Waals surface area contributed by atoms with Crippen molar-refractivity contribution in [3.05, 3.63) is 53.7 Å². The molecule has 1 atom stereocenters. The summed E-state index contributed by atoms with van der Waals surface area (Å²) in [4.78, 5) is 4.41. The Bertz CT molecular complexity index is 523. The predicted molar refractivity (Wildman–Crippen MR) is 81.4 cm³/mol. The molecule has 0 aliphatic carbocycles. The van der Waals surface area contributed by atoms with Gasteiger partial charge in [-0.05, 0) is 37.0 Å². The van der Waals surface area contributed by atoms with E-state index in [1.54, 1.807) is 0 Å². The van der Waals surface area contributed by atoms with E-state index in [1.165, 1.54) is 5.56 Å². The summed E-state index contributed by atoms with van der Waals surface area (Å²) >= 11 is 0. The number of nitrogens with zero attached hydrogens (tertiary/aromatic N) is 1. The number of nitrogen functional groups attached to an aromatic ring is 1. The van der Waals surface area contributed by atoms with Crippen LogP contribution in [0.15, 0.2) is 42.5 Å². The van der Waals surface area contributed by atoms with Crippen molar-refractivity contribution in [3.63, 3.8) is 0 Å². The quantitative estimate of drug-likeness (QED) is 0.858. The molecule has 2 rings (SSSR count). The number of pyridine rings is 1. The van der Waals surface area contributed by atoms with E-state index in [0.717, 1.165) is 24.5 Å². The Labute approximate surface area is 114 Å². The van der Waals surface area contributed by atoms with E-state index in [-0.39, 0.29) is 0 Å². The van der Waals surface area contributed by atoms with Crippen molar-refractivity contribution in [2.75, 3.05) is 17.6 Å². The number of anilines is 2. The number of nitrogens with one attached hydrogen (secondary N) is 1. The van der Waals surface area contributed by atoms with Crippen LogP contribution < -0.4 is 11.1 Å². The van der Waals surface area contributed by atoms with Crippen molar-refractivity contribution < 1.29 is 0 Å². The fourth-order valence-corrected chi connectivity index (χ4v) is 2.06. The maximum Gasteiger partial charge on any atom is 0.149 e. The Morgan fingerprint density at radius 3 is 2.63 bits per heavy atom. The number of hydrogen-bond donors (Lipinski definition) is 2. The van der Waals surface area contributed by atoms with E-state index >= 15 is 0 Å². The molecular formula is C16H21N3. The minimum atomic E-state index is 0.528. The zero-order valence-corrected chi connectivity index (χ0v) is 11.6. The lowest BCUT2D eigenvalue weighted by Gasteiger charge is -2.13. The number of nitrogens with two attached hydrogens (primary N) is 1. The molecule has 3 nitrogen and oxygen atoms in total. The third kappa shape index (κ3) is 3.71. The molecule has 100 valence electrons. The van der Waals surface area contributed by atoms with E-state index in [0.29, 0.717) is 11.6 Å². The Hall–Kier alpha value is -2.03. The maximum absolute atomic E-state index is 5.89. The van der Waals surface area contributed by atoms with Gasteiger partial charge >= 0.3 is 0 Å². The SMILES string of the molecule is Cc1ccc(N)c(NCCC(C)c2ccccc2)n1. The van der Waals surface area contributed by atoms with Gasteiger partial charge in [-0.15, -0.1) is 0 Å². The molecule has 1 aromatic carbocycles. The highest BCUT2D eigenvalue weighted by atomic mass is 15.0. The van der Waals surface area contributed by atoms with Gasteiger partial charge in [0.2, 0.25) is 0 Å². The van der Waals surface area contributed by atoms with Crippen LogP contribution in [0.25, 0.3) is 0 Å². The second-order valence-corrected chi connectivity index (χ2v) is 4.92. The number of hydrogen-bond acceptors (Lipinski definition) is 3.